The summed E-state index contributed by atoms with van der Waals surface area (Å²) in [5, 5.41) is 0. The first-order chi connectivity index (χ1) is 9.38. The lowest BCUT2D eigenvalue weighted by Gasteiger charge is -2.12. The summed E-state index contributed by atoms with van der Waals surface area (Å²) >= 11 is 5.13. The number of hydrogen-bond acceptors (Lipinski definition) is 5. The van der Waals surface area contributed by atoms with Crippen LogP contribution in [0.1, 0.15) is 19.9 Å². The summed E-state index contributed by atoms with van der Waals surface area (Å²) in [6, 6.07) is -0.769. The summed E-state index contributed by atoms with van der Waals surface area (Å²) in [6.07, 6.45) is 0. The van der Waals surface area contributed by atoms with Crippen LogP contribution in [0, 0.1) is 4.77 Å². The summed E-state index contributed by atoms with van der Waals surface area (Å²) in [4.78, 5) is 40.3. The van der Waals surface area contributed by atoms with Gasteiger partial charge in [-0.3, -0.25) is 18.9 Å². The zero-order valence-corrected chi connectivity index (χ0v) is 12.0. The molecule has 0 bridgehead atoms. The minimum Gasteiger partial charge on any atom is -0.464 e. The highest BCUT2D eigenvalue weighted by molar-refractivity contribution is 7.71. The van der Waals surface area contributed by atoms with Crippen LogP contribution < -0.4 is 11.2 Å². The number of nitrogens with one attached hydrogen (secondary N) is 2. The van der Waals surface area contributed by atoms with Gasteiger partial charge in [0.2, 0.25) is 0 Å². The SMILES string of the molecule is CCOC(=O)C(C)n1c(=S)[nH]c2c1c(=O)[nH]c(=O)n2C. The molecule has 0 aliphatic rings. The Morgan fingerprint density at radius 3 is 2.65 bits per heavy atom. The second-order valence-corrected chi connectivity index (χ2v) is 4.63. The number of carbonyl (C=O) groups is 1. The zero-order chi connectivity index (χ0) is 15.0. The maximum atomic E-state index is 12.0. The maximum Gasteiger partial charge on any atom is 0.329 e. The fourth-order valence-corrected chi connectivity index (χ4v) is 2.32. The average Bonchev–Trinajstić information content (AvgIpc) is 2.73. The van der Waals surface area contributed by atoms with E-state index in [1.54, 1.807) is 13.8 Å². The standard InChI is InChI=1S/C11H14N4O4S/c1-4-19-9(17)5(2)15-6-7(12-11(15)20)14(3)10(18)13-8(6)16/h5H,4H2,1-3H3,(H,12,20)(H,13,16,18). The topological polar surface area (TPSA) is 102 Å². The molecule has 2 heterocycles. The molecular weight excluding hydrogens is 284 g/mol. The Balaban J connectivity index is 2.79. The van der Waals surface area contributed by atoms with Gasteiger partial charge in [0.1, 0.15) is 11.7 Å². The van der Waals surface area contributed by atoms with Crippen LogP contribution in [0.3, 0.4) is 0 Å². The fraction of sp³-hybridized carbons (Fsp3) is 0.455. The van der Waals surface area contributed by atoms with Gasteiger partial charge in [0.15, 0.2) is 10.3 Å². The summed E-state index contributed by atoms with van der Waals surface area (Å²) in [7, 11) is 1.49. The second kappa shape index (κ2) is 5.08. The number of nitrogens with zero attached hydrogens (tertiary/aromatic N) is 2. The number of fused-ring (bicyclic) bond motifs is 1. The molecule has 9 heteroatoms. The lowest BCUT2D eigenvalue weighted by molar-refractivity contribution is -0.146. The third-order valence-corrected chi connectivity index (χ3v) is 3.30. The van der Waals surface area contributed by atoms with E-state index >= 15 is 0 Å². The van der Waals surface area contributed by atoms with Crippen molar-refractivity contribution in [2.75, 3.05) is 6.61 Å². The summed E-state index contributed by atoms with van der Waals surface area (Å²) in [6.45, 7) is 3.49. The van der Waals surface area contributed by atoms with Crippen molar-refractivity contribution in [3.8, 4) is 0 Å². The summed E-state index contributed by atoms with van der Waals surface area (Å²) in [5.41, 5.74) is -0.765. The van der Waals surface area contributed by atoms with E-state index in [0.717, 1.165) is 0 Å². The molecule has 0 fully saturated rings. The minimum atomic E-state index is -0.769. The number of hydrogen-bond donors (Lipinski definition) is 2. The Morgan fingerprint density at radius 2 is 2.05 bits per heavy atom. The van der Waals surface area contributed by atoms with E-state index in [4.69, 9.17) is 17.0 Å². The number of aromatic amines is 2. The lowest BCUT2D eigenvalue weighted by atomic mass is 10.3. The van der Waals surface area contributed by atoms with E-state index < -0.39 is 23.3 Å². The monoisotopic (exact) mass is 298 g/mol. The van der Waals surface area contributed by atoms with Gasteiger partial charge >= 0.3 is 11.7 Å². The van der Waals surface area contributed by atoms with E-state index in [1.807, 2.05) is 0 Å². The molecule has 0 spiro atoms. The second-order valence-electron chi connectivity index (χ2n) is 4.24. The van der Waals surface area contributed by atoms with Crippen LogP contribution in [0.5, 0.6) is 0 Å². The molecule has 1 unspecified atom stereocenters. The molecule has 0 aliphatic heterocycles. The van der Waals surface area contributed by atoms with Crippen molar-refractivity contribution >= 4 is 29.4 Å². The van der Waals surface area contributed by atoms with Crippen molar-refractivity contribution in [2.24, 2.45) is 7.05 Å². The maximum absolute atomic E-state index is 12.0. The molecule has 2 rings (SSSR count). The van der Waals surface area contributed by atoms with Crippen LogP contribution in [0.4, 0.5) is 0 Å². The van der Waals surface area contributed by atoms with E-state index in [-0.39, 0.29) is 22.5 Å². The van der Waals surface area contributed by atoms with Crippen LogP contribution in [0.25, 0.3) is 11.2 Å². The van der Waals surface area contributed by atoms with Crippen molar-refractivity contribution in [3.63, 3.8) is 0 Å². The van der Waals surface area contributed by atoms with Crippen LogP contribution in [-0.4, -0.2) is 31.7 Å². The van der Waals surface area contributed by atoms with Gasteiger partial charge in [0.05, 0.1) is 6.61 Å². The number of H-pyrrole nitrogens is 2. The number of carbonyl (C=O) groups excluding carboxylic acids is 1. The van der Waals surface area contributed by atoms with E-state index in [1.165, 1.54) is 16.2 Å². The quantitative estimate of drug-likeness (QED) is 0.623. The van der Waals surface area contributed by atoms with Crippen LogP contribution in [0.2, 0.25) is 0 Å². The minimum absolute atomic E-state index is 0.137. The number of aromatic nitrogens is 4. The molecule has 8 nitrogen and oxygen atoms in total. The molecule has 0 radical (unpaired) electrons. The molecule has 2 aromatic heterocycles. The number of aryl methyl sites for hydroxylation is 1. The Morgan fingerprint density at radius 1 is 1.40 bits per heavy atom. The summed E-state index contributed by atoms with van der Waals surface area (Å²) < 4.78 is 7.67. The molecule has 0 saturated heterocycles. The third kappa shape index (κ3) is 2.09. The molecule has 2 N–H and O–H groups in total. The Labute approximate surface area is 118 Å². The van der Waals surface area contributed by atoms with Crippen molar-refractivity contribution in [3.05, 3.63) is 25.6 Å². The third-order valence-electron chi connectivity index (χ3n) is 3.00. The molecule has 0 aliphatic carbocycles. The lowest BCUT2D eigenvalue weighted by Crippen LogP contribution is -2.30. The first kappa shape index (κ1) is 14.3. The van der Waals surface area contributed by atoms with E-state index in [2.05, 4.69) is 9.97 Å². The van der Waals surface area contributed by atoms with Crippen molar-refractivity contribution in [1.29, 1.82) is 0 Å². The Bertz CT molecular complexity index is 841. The number of ether oxygens (including phenoxy) is 1. The van der Waals surface area contributed by atoms with Gasteiger partial charge in [-0.2, -0.15) is 0 Å². The normalized spacial score (nSPS) is 12.6. The van der Waals surface area contributed by atoms with Gasteiger partial charge < -0.3 is 9.72 Å². The highest BCUT2D eigenvalue weighted by Crippen LogP contribution is 2.15. The molecule has 108 valence electrons. The Hall–Kier alpha value is -2.16. The van der Waals surface area contributed by atoms with Crippen molar-refractivity contribution in [2.45, 2.75) is 19.9 Å². The van der Waals surface area contributed by atoms with Gasteiger partial charge in [-0.25, -0.2) is 9.59 Å². The van der Waals surface area contributed by atoms with Gasteiger partial charge in [0, 0.05) is 7.05 Å². The van der Waals surface area contributed by atoms with Crippen LogP contribution in [-0.2, 0) is 16.6 Å². The van der Waals surface area contributed by atoms with Crippen molar-refractivity contribution < 1.29 is 9.53 Å². The molecule has 20 heavy (non-hydrogen) atoms. The largest absolute Gasteiger partial charge is 0.464 e. The van der Waals surface area contributed by atoms with Gasteiger partial charge in [-0.15, -0.1) is 0 Å². The molecule has 1 atom stereocenters. The Kier molecular flexibility index (Phi) is 3.62. The van der Waals surface area contributed by atoms with E-state index in [9.17, 15) is 14.4 Å². The predicted octanol–water partition coefficient (Wildman–Crippen LogP) is 0.210. The van der Waals surface area contributed by atoms with Gasteiger partial charge in [0.25, 0.3) is 5.56 Å². The van der Waals surface area contributed by atoms with Crippen LogP contribution in [0.15, 0.2) is 9.59 Å². The molecule has 0 saturated carbocycles. The molecule has 2 aromatic rings. The average molecular weight is 298 g/mol. The van der Waals surface area contributed by atoms with E-state index in [0.29, 0.717) is 0 Å². The van der Waals surface area contributed by atoms with Crippen LogP contribution >= 0.6 is 12.2 Å². The first-order valence-electron chi connectivity index (χ1n) is 5.98. The number of imidazole rings is 1. The first-order valence-corrected chi connectivity index (χ1v) is 6.39. The van der Waals surface area contributed by atoms with Crippen molar-refractivity contribution in [1.82, 2.24) is 19.1 Å². The summed E-state index contributed by atoms with van der Waals surface area (Å²) in [5.74, 6) is -0.502. The number of rotatable bonds is 3. The smallest absolute Gasteiger partial charge is 0.329 e. The van der Waals surface area contributed by atoms with Gasteiger partial charge in [-0.05, 0) is 26.1 Å². The zero-order valence-electron chi connectivity index (χ0n) is 11.2. The number of esters is 1. The highest BCUT2D eigenvalue weighted by Gasteiger charge is 2.22. The predicted molar refractivity (Wildman–Crippen MR) is 74.3 cm³/mol. The molecule has 0 amide bonds. The molecule has 0 aromatic carbocycles. The van der Waals surface area contributed by atoms with Gasteiger partial charge in [-0.1, -0.05) is 0 Å². The highest BCUT2D eigenvalue weighted by atomic mass is 32.1. The molecular formula is C11H14N4O4S. The fourth-order valence-electron chi connectivity index (χ4n) is 1.98.